The van der Waals surface area contributed by atoms with Crippen LogP contribution >= 0.6 is 0 Å². The molecular weight excluding hydrogens is 592 g/mol. The summed E-state index contributed by atoms with van der Waals surface area (Å²) in [5.41, 5.74) is 9.45. The standard InChI is InChI=1S/C32H36N8O6/c1-17(41)28(33)31(44)39-25(10-18-13-35-23-8-4-2-6-21(18)23)29(42)38-26(12-20-15-34-16-37-20)30(43)40-27(32(45)46)11-19-14-36-24-9-5-3-7-22(19)24/h2-9,13-17,25-28,35-36,41H,10-12,33H2,1H3,(H,34,37)(H,38,42)(H,39,44)(H,40,43)(H,45,46). The summed E-state index contributed by atoms with van der Waals surface area (Å²) in [4.78, 5) is 65.8. The highest BCUT2D eigenvalue weighted by Crippen LogP contribution is 2.21. The van der Waals surface area contributed by atoms with Crippen LogP contribution in [0.5, 0.6) is 0 Å². The largest absolute Gasteiger partial charge is 0.480 e. The molecule has 0 saturated carbocycles. The van der Waals surface area contributed by atoms with Gasteiger partial charge in [0.05, 0.1) is 12.4 Å². The molecule has 0 aliphatic rings. The third kappa shape index (κ3) is 7.42. The molecule has 5 atom stereocenters. The van der Waals surface area contributed by atoms with Crippen molar-refractivity contribution in [2.45, 2.75) is 56.5 Å². The number of fused-ring (bicyclic) bond motifs is 2. The number of benzene rings is 2. The van der Waals surface area contributed by atoms with Crippen LogP contribution in [0, 0.1) is 0 Å². The summed E-state index contributed by atoms with van der Waals surface area (Å²) in [5.74, 6) is -3.45. The number of aliphatic hydroxyl groups is 1. The number of carbonyl (C=O) groups excluding carboxylic acids is 3. The van der Waals surface area contributed by atoms with Gasteiger partial charge in [-0.1, -0.05) is 36.4 Å². The lowest BCUT2D eigenvalue weighted by Gasteiger charge is -2.25. The second-order valence-corrected chi connectivity index (χ2v) is 11.2. The molecule has 0 bridgehead atoms. The monoisotopic (exact) mass is 628 g/mol. The molecule has 3 amide bonds. The molecule has 0 radical (unpaired) electrons. The Morgan fingerprint density at radius 1 is 0.761 bits per heavy atom. The second-order valence-electron chi connectivity index (χ2n) is 11.2. The maximum Gasteiger partial charge on any atom is 0.326 e. The number of amides is 3. The van der Waals surface area contributed by atoms with Crippen LogP contribution in [0.4, 0.5) is 0 Å². The number of nitrogens with zero attached hydrogens (tertiary/aromatic N) is 1. The number of carboxylic acids is 1. The minimum atomic E-state index is -1.31. The van der Waals surface area contributed by atoms with Gasteiger partial charge in [0.2, 0.25) is 17.7 Å². The van der Waals surface area contributed by atoms with Crippen LogP contribution in [0.2, 0.25) is 0 Å². The highest BCUT2D eigenvalue weighted by atomic mass is 16.4. The number of hydrogen-bond acceptors (Lipinski definition) is 7. The Hall–Kier alpha value is -5.47. The molecule has 5 aromatic rings. The zero-order valence-corrected chi connectivity index (χ0v) is 25.0. The number of aromatic nitrogens is 4. The number of nitrogens with one attached hydrogen (secondary N) is 6. The van der Waals surface area contributed by atoms with E-state index < -0.39 is 54.0 Å². The first kappa shape index (κ1) is 31.9. The number of aliphatic hydroxyl groups excluding tert-OH is 1. The summed E-state index contributed by atoms with van der Waals surface area (Å²) < 4.78 is 0. The lowest BCUT2D eigenvalue weighted by Crippen LogP contribution is -2.59. The highest BCUT2D eigenvalue weighted by Gasteiger charge is 2.32. The van der Waals surface area contributed by atoms with Gasteiger partial charge in [0.15, 0.2) is 0 Å². The number of carbonyl (C=O) groups is 4. The molecule has 0 aliphatic heterocycles. The van der Waals surface area contributed by atoms with Crippen molar-refractivity contribution in [1.29, 1.82) is 0 Å². The van der Waals surface area contributed by atoms with Gasteiger partial charge in [-0.25, -0.2) is 9.78 Å². The van der Waals surface area contributed by atoms with Gasteiger partial charge < -0.3 is 46.8 Å². The number of nitrogens with two attached hydrogens (primary N) is 1. The third-order valence-electron chi connectivity index (χ3n) is 7.88. The molecule has 3 aromatic heterocycles. The maximum atomic E-state index is 13.8. The van der Waals surface area contributed by atoms with Crippen molar-refractivity contribution in [3.8, 4) is 0 Å². The predicted molar refractivity (Wildman–Crippen MR) is 169 cm³/mol. The Labute approximate surface area is 263 Å². The van der Waals surface area contributed by atoms with Gasteiger partial charge in [0.1, 0.15) is 24.2 Å². The Kier molecular flexibility index (Phi) is 9.79. The molecule has 46 heavy (non-hydrogen) atoms. The first-order chi connectivity index (χ1) is 22.1. The van der Waals surface area contributed by atoms with Gasteiger partial charge in [-0.05, 0) is 30.2 Å². The van der Waals surface area contributed by atoms with E-state index >= 15 is 0 Å². The minimum Gasteiger partial charge on any atom is -0.480 e. The van der Waals surface area contributed by atoms with Crippen molar-refractivity contribution < 1.29 is 29.4 Å². The smallest absolute Gasteiger partial charge is 0.326 e. The van der Waals surface area contributed by atoms with Gasteiger partial charge in [-0.15, -0.1) is 0 Å². The molecule has 0 fully saturated rings. The maximum absolute atomic E-state index is 13.8. The van der Waals surface area contributed by atoms with Crippen molar-refractivity contribution in [2.75, 3.05) is 0 Å². The quantitative estimate of drug-likeness (QED) is 0.0845. The minimum absolute atomic E-state index is 0.00765. The van der Waals surface area contributed by atoms with Gasteiger partial charge in [0.25, 0.3) is 0 Å². The highest BCUT2D eigenvalue weighted by molar-refractivity contribution is 5.95. The Morgan fingerprint density at radius 3 is 1.78 bits per heavy atom. The van der Waals surface area contributed by atoms with E-state index in [1.165, 1.54) is 19.4 Å². The van der Waals surface area contributed by atoms with Crippen LogP contribution in [-0.2, 0) is 38.4 Å². The Balaban J connectivity index is 1.38. The number of aromatic amines is 3. The van der Waals surface area contributed by atoms with Gasteiger partial charge >= 0.3 is 5.97 Å². The zero-order chi connectivity index (χ0) is 32.8. The fourth-order valence-corrected chi connectivity index (χ4v) is 5.31. The summed E-state index contributed by atoms with van der Waals surface area (Å²) in [6, 6.07) is 9.80. The van der Waals surface area contributed by atoms with E-state index in [9.17, 15) is 29.4 Å². The molecule has 14 heteroatoms. The van der Waals surface area contributed by atoms with Crippen molar-refractivity contribution in [1.82, 2.24) is 35.9 Å². The predicted octanol–water partition coefficient (Wildman–Crippen LogP) is 0.647. The van der Waals surface area contributed by atoms with Crippen LogP contribution < -0.4 is 21.7 Å². The second kappa shape index (κ2) is 14.1. The number of aliphatic carboxylic acids is 1. The molecule has 3 heterocycles. The van der Waals surface area contributed by atoms with E-state index in [0.29, 0.717) is 11.3 Å². The average molecular weight is 629 g/mol. The molecule has 5 unspecified atom stereocenters. The van der Waals surface area contributed by atoms with Crippen molar-refractivity contribution >= 4 is 45.5 Å². The van der Waals surface area contributed by atoms with Crippen LogP contribution in [-0.4, -0.2) is 84.1 Å². The summed E-state index contributed by atoms with van der Waals surface area (Å²) in [5, 5.41) is 29.4. The van der Waals surface area contributed by atoms with E-state index in [-0.39, 0.29) is 19.3 Å². The fraction of sp³-hybridized carbons (Fsp3) is 0.281. The molecule has 10 N–H and O–H groups in total. The van der Waals surface area contributed by atoms with Gasteiger partial charge in [-0.3, -0.25) is 14.4 Å². The number of hydrogen-bond donors (Lipinski definition) is 9. The lowest BCUT2D eigenvalue weighted by molar-refractivity contribution is -0.142. The van der Waals surface area contributed by atoms with E-state index in [1.54, 1.807) is 12.4 Å². The average Bonchev–Trinajstić information content (AvgIpc) is 3.80. The molecule has 0 spiro atoms. The Bertz CT molecular complexity index is 1830. The number of H-pyrrole nitrogens is 3. The van der Waals surface area contributed by atoms with E-state index in [2.05, 4.69) is 35.9 Å². The van der Waals surface area contributed by atoms with Crippen LogP contribution in [0.25, 0.3) is 21.8 Å². The number of rotatable bonds is 14. The van der Waals surface area contributed by atoms with Crippen LogP contribution in [0.3, 0.4) is 0 Å². The third-order valence-corrected chi connectivity index (χ3v) is 7.88. The fourth-order valence-electron chi connectivity index (χ4n) is 5.31. The Morgan fingerprint density at radius 2 is 1.26 bits per heavy atom. The first-order valence-electron chi connectivity index (χ1n) is 14.8. The zero-order valence-electron chi connectivity index (χ0n) is 25.0. The lowest BCUT2D eigenvalue weighted by atomic mass is 10.0. The molecule has 5 rings (SSSR count). The summed E-state index contributed by atoms with van der Waals surface area (Å²) >= 11 is 0. The van der Waals surface area contributed by atoms with Crippen molar-refractivity contribution in [3.05, 3.63) is 90.3 Å². The van der Waals surface area contributed by atoms with Gasteiger partial charge in [0, 0.05) is 65.4 Å². The van der Waals surface area contributed by atoms with E-state index in [1.807, 2.05) is 48.5 Å². The summed E-state index contributed by atoms with van der Waals surface area (Å²) in [6.45, 7) is 1.36. The number of carboxylic acid groups (broad SMARTS) is 1. The first-order valence-corrected chi connectivity index (χ1v) is 14.8. The van der Waals surface area contributed by atoms with Crippen molar-refractivity contribution in [3.63, 3.8) is 0 Å². The summed E-state index contributed by atoms with van der Waals surface area (Å²) in [6.07, 6.45) is 5.13. The molecule has 0 aliphatic carbocycles. The van der Waals surface area contributed by atoms with Crippen LogP contribution in [0.1, 0.15) is 23.7 Å². The molecule has 0 saturated heterocycles. The normalized spacial score (nSPS) is 14.7. The van der Waals surface area contributed by atoms with Crippen molar-refractivity contribution in [2.24, 2.45) is 5.73 Å². The molecule has 2 aromatic carbocycles. The van der Waals surface area contributed by atoms with E-state index in [4.69, 9.17) is 5.73 Å². The molecule has 240 valence electrons. The number of imidazole rings is 1. The molecular formula is C32H36N8O6. The SMILES string of the molecule is CC(O)C(N)C(=O)NC(Cc1c[nH]c2ccccc12)C(=O)NC(Cc1cnc[nH]1)C(=O)NC(Cc1c[nH]c2ccccc12)C(=O)O. The summed E-state index contributed by atoms with van der Waals surface area (Å²) in [7, 11) is 0. The van der Waals surface area contributed by atoms with E-state index in [0.717, 1.165) is 27.4 Å². The van der Waals surface area contributed by atoms with Gasteiger partial charge in [-0.2, -0.15) is 0 Å². The molecule has 14 nitrogen and oxygen atoms in total. The topological polar surface area (TPSA) is 231 Å². The van der Waals surface area contributed by atoms with Crippen LogP contribution in [0.15, 0.2) is 73.4 Å². The number of para-hydroxylation sites is 2.